The average molecular weight is 266 g/mol. The Labute approximate surface area is 112 Å². The van der Waals surface area contributed by atoms with Gasteiger partial charge >= 0.3 is 11.9 Å². The first kappa shape index (κ1) is 15.0. The lowest BCUT2D eigenvalue weighted by Crippen LogP contribution is -2.09. The van der Waals surface area contributed by atoms with Crippen molar-refractivity contribution in [2.75, 3.05) is 14.2 Å². The summed E-state index contributed by atoms with van der Waals surface area (Å²) in [4.78, 5) is 23.3. The molecule has 1 aromatic carbocycles. The minimum atomic E-state index is -0.687. The summed E-state index contributed by atoms with van der Waals surface area (Å²) in [5.74, 6) is -1.64. The fraction of sp³-hybridized carbons (Fsp3) is 0.429. The number of hydrogen-bond acceptors (Lipinski definition) is 5. The van der Waals surface area contributed by atoms with Crippen LogP contribution in [-0.2, 0) is 9.47 Å². The predicted octanol–water partition coefficient (Wildman–Crippen LogP) is 2.48. The van der Waals surface area contributed by atoms with Crippen molar-refractivity contribution in [2.24, 2.45) is 0 Å². The summed E-state index contributed by atoms with van der Waals surface area (Å²) in [5.41, 5.74) is 0.725. The van der Waals surface area contributed by atoms with Crippen LogP contribution in [0, 0.1) is 0 Å². The fourth-order valence-electron chi connectivity index (χ4n) is 1.71. The Hall–Kier alpha value is -2.04. The number of ether oxygens (including phenoxy) is 2. The van der Waals surface area contributed by atoms with Crippen LogP contribution in [-0.4, -0.2) is 31.3 Å². The largest absolute Gasteiger partial charge is 0.506 e. The molecule has 0 amide bonds. The maximum Gasteiger partial charge on any atom is 0.341 e. The van der Waals surface area contributed by atoms with E-state index in [1.165, 1.54) is 14.2 Å². The smallest absolute Gasteiger partial charge is 0.341 e. The minimum absolute atomic E-state index is 0.0271. The first-order chi connectivity index (χ1) is 8.96. The molecule has 1 atom stereocenters. The zero-order valence-corrected chi connectivity index (χ0v) is 11.5. The van der Waals surface area contributed by atoms with Gasteiger partial charge in [0.15, 0.2) is 0 Å². The van der Waals surface area contributed by atoms with Gasteiger partial charge in [-0.25, -0.2) is 9.59 Å². The van der Waals surface area contributed by atoms with Gasteiger partial charge in [0.25, 0.3) is 0 Å². The molecule has 0 fully saturated rings. The number of carbonyl (C=O) groups is 2. The second-order valence-corrected chi connectivity index (χ2v) is 4.26. The molecule has 1 aromatic rings. The lowest BCUT2D eigenvalue weighted by Gasteiger charge is -2.14. The molecule has 0 spiro atoms. The van der Waals surface area contributed by atoms with Crippen LogP contribution in [0.4, 0.5) is 0 Å². The Morgan fingerprint density at radius 3 is 1.89 bits per heavy atom. The van der Waals surface area contributed by atoms with Crippen molar-refractivity contribution in [3.8, 4) is 5.75 Å². The number of esters is 2. The van der Waals surface area contributed by atoms with E-state index in [1.807, 2.05) is 13.8 Å². The molecule has 0 aliphatic rings. The molecule has 0 radical (unpaired) electrons. The van der Waals surface area contributed by atoms with Gasteiger partial charge in [0.05, 0.1) is 14.2 Å². The number of hydrogen-bond donors (Lipinski definition) is 1. The Morgan fingerprint density at radius 2 is 1.58 bits per heavy atom. The van der Waals surface area contributed by atoms with E-state index in [0.717, 1.165) is 12.0 Å². The maximum atomic E-state index is 11.6. The molecule has 0 aliphatic carbocycles. The van der Waals surface area contributed by atoms with E-state index in [-0.39, 0.29) is 17.0 Å². The zero-order chi connectivity index (χ0) is 14.6. The Bertz CT molecular complexity index is 456. The summed E-state index contributed by atoms with van der Waals surface area (Å²) >= 11 is 0. The second-order valence-electron chi connectivity index (χ2n) is 4.26. The molecule has 0 saturated heterocycles. The van der Waals surface area contributed by atoms with Crippen LogP contribution in [0.3, 0.4) is 0 Å². The molecule has 5 nitrogen and oxygen atoms in total. The number of benzene rings is 1. The molecule has 0 aromatic heterocycles. The molecule has 0 heterocycles. The number of phenols is 1. The van der Waals surface area contributed by atoms with E-state index < -0.39 is 17.7 Å². The van der Waals surface area contributed by atoms with Gasteiger partial charge in [-0.3, -0.25) is 0 Å². The van der Waals surface area contributed by atoms with Gasteiger partial charge in [-0.1, -0.05) is 13.8 Å². The van der Waals surface area contributed by atoms with Crippen molar-refractivity contribution in [1.29, 1.82) is 0 Å². The van der Waals surface area contributed by atoms with Crippen LogP contribution in [0.15, 0.2) is 12.1 Å². The summed E-state index contributed by atoms with van der Waals surface area (Å²) in [7, 11) is 2.44. The predicted molar refractivity (Wildman–Crippen MR) is 69.5 cm³/mol. The third-order valence-corrected chi connectivity index (χ3v) is 3.12. The highest BCUT2D eigenvalue weighted by atomic mass is 16.5. The van der Waals surface area contributed by atoms with Gasteiger partial charge < -0.3 is 14.6 Å². The van der Waals surface area contributed by atoms with Crippen molar-refractivity contribution < 1.29 is 24.2 Å². The van der Waals surface area contributed by atoms with Crippen molar-refractivity contribution in [3.63, 3.8) is 0 Å². The molecule has 0 bridgehead atoms. The number of carbonyl (C=O) groups excluding carboxylic acids is 2. The van der Waals surface area contributed by atoms with Crippen LogP contribution < -0.4 is 0 Å². The summed E-state index contributed by atoms with van der Waals surface area (Å²) in [5, 5.41) is 9.97. The van der Waals surface area contributed by atoms with E-state index in [0.29, 0.717) is 0 Å². The molecular formula is C14H18O5. The summed E-state index contributed by atoms with van der Waals surface area (Å²) in [6.07, 6.45) is 0.839. The summed E-state index contributed by atoms with van der Waals surface area (Å²) in [6, 6.07) is 3.09. The lowest BCUT2D eigenvalue weighted by molar-refractivity contribution is 0.0592. The van der Waals surface area contributed by atoms with E-state index >= 15 is 0 Å². The van der Waals surface area contributed by atoms with Crippen LogP contribution in [0.2, 0.25) is 0 Å². The Kier molecular flexibility index (Phi) is 4.92. The number of methoxy groups -OCH3 is 2. The van der Waals surface area contributed by atoms with Gasteiger partial charge in [0.2, 0.25) is 0 Å². The molecule has 19 heavy (non-hydrogen) atoms. The highest BCUT2D eigenvalue weighted by molar-refractivity contribution is 6.00. The van der Waals surface area contributed by atoms with Crippen LogP contribution in [0.25, 0.3) is 0 Å². The highest BCUT2D eigenvalue weighted by Crippen LogP contribution is 2.30. The maximum absolute atomic E-state index is 11.6. The topological polar surface area (TPSA) is 72.8 Å². The van der Waals surface area contributed by atoms with E-state index in [1.54, 1.807) is 12.1 Å². The second kappa shape index (κ2) is 6.22. The molecule has 104 valence electrons. The van der Waals surface area contributed by atoms with E-state index in [4.69, 9.17) is 0 Å². The average Bonchev–Trinajstić information content (AvgIpc) is 2.44. The molecule has 1 N–H and O–H groups in total. The number of phenolic OH excluding ortho intramolecular Hbond substituents is 1. The molecule has 0 saturated carbocycles. The minimum Gasteiger partial charge on any atom is -0.506 e. The van der Waals surface area contributed by atoms with Crippen molar-refractivity contribution in [3.05, 3.63) is 28.8 Å². The van der Waals surface area contributed by atoms with Crippen LogP contribution in [0.1, 0.15) is 52.5 Å². The third-order valence-electron chi connectivity index (χ3n) is 3.12. The van der Waals surface area contributed by atoms with Crippen molar-refractivity contribution in [2.45, 2.75) is 26.2 Å². The molecule has 1 rings (SSSR count). The highest BCUT2D eigenvalue weighted by Gasteiger charge is 2.22. The molecular weight excluding hydrogens is 248 g/mol. The molecule has 1 unspecified atom stereocenters. The normalized spacial score (nSPS) is 11.8. The standard InChI is InChI=1S/C14H18O5/c1-5-8(2)9-6-10(13(16)18-3)12(15)11(7-9)14(17)19-4/h6-8,15H,5H2,1-4H3. The van der Waals surface area contributed by atoms with Gasteiger partial charge in [-0.2, -0.15) is 0 Å². The molecule has 0 aliphatic heterocycles. The van der Waals surface area contributed by atoms with Gasteiger partial charge in [-0.15, -0.1) is 0 Å². The number of rotatable bonds is 4. The molecule has 5 heteroatoms. The first-order valence-corrected chi connectivity index (χ1v) is 5.99. The number of aromatic hydroxyl groups is 1. The van der Waals surface area contributed by atoms with Crippen LogP contribution >= 0.6 is 0 Å². The SMILES string of the molecule is CCC(C)c1cc(C(=O)OC)c(O)c(C(=O)OC)c1. The quantitative estimate of drug-likeness (QED) is 0.847. The lowest BCUT2D eigenvalue weighted by atomic mass is 9.93. The monoisotopic (exact) mass is 266 g/mol. The first-order valence-electron chi connectivity index (χ1n) is 5.99. The fourth-order valence-corrected chi connectivity index (χ4v) is 1.71. The zero-order valence-electron chi connectivity index (χ0n) is 11.5. The van der Waals surface area contributed by atoms with Crippen molar-refractivity contribution in [1.82, 2.24) is 0 Å². The summed E-state index contributed by atoms with van der Waals surface area (Å²) in [6.45, 7) is 3.96. The third kappa shape index (κ3) is 3.05. The van der Waals surface area contributed by atoms with E-state index in [9.17, 15) is 14.7 Å². The Balaban J connectivity index is 3.46. The van der Waals surface area contributed by atoms with Crippen LogP contribution in [0.5, 0.6) is 5.75 Å². The van der Waals surface area contributed by atoms with Gasteiger partial charge in [-0.05, 0) is 30.0 Å². The summed E-state index contributed by atoms with van der Waals surface area (Å²) < 4.78 is 9.21. The van der Waals surface area contributed by atoms with E-state index in [2.05, 4.69) is 9.47 Å². The van der Waals surface area contributed by atoms with Gasteiger partial charge in [0.1, 0.15) is 16.9 Å². The van der Waals surface area contributed by atoms with Gasteiger partial charge in [0, 0.05) is 0 Å². The Morgan fingerprint density at radius 1 is 1.16 bits per heavy atom. The van der Waals surface area contributed by atoms with Crippen molar-refractivity contribution >= 4 is 11.9 Å².